The van der Waals surface area contributed by atoms with Gasteiger partial charge in [0, 0.05) is 18.3 Å². The van der Waals surface area contributed by atoms with Crippen molar-refractivity contribution in [3.8, 4) is 12.3 Å². The van der Waals surface area contributed by atoms with Crippen molar-refractivity contribution in [1.29, 1.82) is 0 Å². The number of ether oxygens (including phenoxy) is 1. The van der Waals surface area contributed by atoms with E-state index in [0.717, 1.165) is 64.2 Å². The van der Waals surface area contributed by atoms with E-state index < -0.39 is 5.60 Å². The predicted molar refractivity (Wildman–Crippen MR) is 119 cm³/mol. The van der Waals surface area contributed by atoms with Gasteiger partial charge in [-0.2, -0.15) is 0 Å². The fourth-order valence-electron chi connectivity index (χ4n) is 7.55. The maximum atomic E-state index is 12.7. The number of hydrogen-bond donors (Lipinski definition) is 0. The van der Waals surface area contributed by atoms with Crippen molar-refractivity contribution in [3.05, 3.63) is 11.6 Å². The number of carbonyl (C=O) groups excluding carboxylic acids is 2. The molecule has 0 amide bonds. The molecule has 0 heterocycles. The van der Waals surface area contributed by atoms with Gasteiger partial charge in [0.1, 0.15) is 0 Å². The van der Waals surface area contributed by atoms with Gasteiger partial charge in [-0.25, -0.2) is 0 Å². The third kappa shape index (κ3) is 3.55. The molecule has 0 aliphatic heterocycles. The van der Waals surface area contributed by atoms with Crippen LogP contribution in [0.4, 0.5) is 0 Å². The minimum atomic E-state index is -0.733. The standard InChI is InChI=1S/C27H38O3/c1-4-6-7-8-9-25(29)30-27(5-2)17-15-24-23-12-10-19-18-20(28)11-13-21(19)22(23)14-16-26(24,27)3/h2,18,21-24H,4,6-17H2,1,3H3/t21?,22?,23?,24?,26-,27-/m0/s1. The Kier molecular flexibility index (Phi) is 6.16. The molecule has 4 rings (SSSR count). The van der Waals surface area contributed by atoms with Crippen molar-refractivity contribution in [2.24, 2.45) is 29.1 Å². The number of allylic oxidation sites excluding steroid dienone is 1. The Morgan fingerprint density at radius 2 is 1.97 bits per heavy atom. The van der Waals surface area contributed by atoms with Crippen LogP contribution in [0.1, 0.15) is 97.3 Å². The molecule has 4 aliphatic carbocycles. The molecule has 3 heteroatoms. The first kappa shape index (κ1) is 21.7. The monoisotopic (exact) mass is 410 g/mol. The summed E-state index contributed by atoms with van der Waals surface area (Å²) < 4.78 is 6.17. The molecule has 0 N–H and O–H groups in total. The maximum Gasteiger partial charge on any atom is 0.307 e. The molecule has 0 aromatic heterocycles. The van der Waals surface area contributed by atoms with Crippen LogP contribution in [0.5, 0.6) is 0 Å². The Morgan fingerprint density at radius 1 is 1.13 bits per heavy atom. The van der Waals surface area contributed by atoms with Crippen molar-refractivity contribution in [2.75, 3.05) is 0 Å². The molecule has 6 atom stereocenters. The van der Waals surface area contributed by atoms with Gasteiger partial charge in [-0.3, -0.25) is 9.59 Å². The molecule has 4 aliphatic rings. The van der Waals surface area contributed by atoms with Crippen LogP contribution < -0.4 is 0 Å². The largest absolute Gasteiger partial charge is 0.445 e. The summed E-state index contributed by atoms with van der Waals surface area (Å²) >= 11 is 0. The lowest BCUT2D eigenvalue weighted by molar-refractivity contribution is -0.170. The predicted octanol–water partition coefficient (Wildman–Crippen LogP) is 6.01. The zero-order chi connectivity index (χ0) is 21.4. The summed E-state index contributed by atoms with van der Waals surface area (Å²) in [6.07, 6.45) is 20.9. The maximum absolute atomic E-state index is 12.7. The number of terminal acetylenes is 1. The van der Waals surface area contributed by atoms with E-state index >= 15 is 0 Å². The highest BCUT2D eigenvalue weighted by molar-refractivity contribution is 5.91. The van der Waals surface area contributed by atoms with Gasteiger partial charge in [0.05, 0.1) is 0 Å². The van der Waals surface area contributed by atoms with Crippen LogP contribution in [0.3, 0.4) is 0 Å². The second-order valence-corrected chi connectivity index (χ2v) is 10.6. The Bertz CT molecular complexity index is 759. The van der Waals surface area contributed by atoms with Gasteiger partial charge in [-0.15, -0.1) is 6.42 Å². The molecule has 164 valence electrons. The minimum Gasteiger partial charge on any atom is -0.445 e. The minimum absolute atomic E-state index is 0.104. The molecule has 3 nitrogen and oxygen atoms in total. The van der Waals surface area contributed by atoms with Crippen LogP contribution in [0.15, 0.2) is 11.6 Å². The molecular weight excluding hydrogens is 372 g/mol. The topological polar surface area (TPSA) is 43.4 Å². The molecule has 3 saturated carbocycles. The first-order valence-electron chi connectivity index (χ1n) is 12.4. The number of rotatable bonds is 6. The van der Waals surface area contributed by atoms with Crippen LogP contribution in [0.25, 0.3) is 0 Å². The zero-order valence-electron chi connectivity index (χ0n) is 18.9. The van der Waals surface area contributed by atoms with Gasteiger partial charge in [-0.1, -0.05) is 44.6 Å². The van der Waals surface area contributed by atoms with Gasteiger partial charge in [-0.05, 0) is 81.1 Å². The molecule has 0 saturated heterocycles. The normalized spacial score (nSPS) is 39.9. The first-order chi connectivity index (χ1) is 14.4. The number of carbonyl (C=O) groups is 2. The summed E-state index contributed by atoms with van der Waals surface area (Å²) in [5.74, 6) is 5.67. The summed E-state index contributed by atoms with van der Waals surface area (Å²) in [6, 6.07) is 0. The quantitative estimate of drug-likeness (QED) is 0.306. The van der Waals surface area contributed by atoms with E-state index in [1.807, 2.05) is 6.08 Å². The fraction of sp³-hybridized carbons (Fsp3) is 0.778. The van der Waals surface area contributed by atoms with E-state index in [0.29, 0.717) is 42.3 Å². The van der Waals surface area contributed by atoms with E-state index in [1.165, 1.54) is 12.0 Å². The molecule has 30 heavy (non-hydrogen) atoms. The van der Waals surface area contributed by atoms with Crippen LogP contribution in [-0.2, 0) is 14.3 Å². The van der Waals surface area contributed by atoms with Crippen LogP contribution >= 0.6 is 0 Å². The summed E-state index contributed by atoms with van der Waals surface area (Å²) in [4.78, 5) is 24.6. The highest BCUT2D eigenvalue weighted by Crippen LogP contribution is 2.65. The SMILES string of the molecule is C#C[C@]1(OC(=O)CCCCCC)CCC2C3CCC4=CC(=O)CCC4C3CC[C@@]21C. The average Bonchev–Trinajstić information content (AvgIpc) is 3.03. The van der Waals surface area contributed by atoms with Gasteiger partial charge >= 0.3 is 5.97 Å². The van der Waals surface area contributed by atoms with Crippen molar-refractivity contribution < 1.29 is 14.3 Å². The van der Waals surface area contributed by atoms with E-state index in [-0.39, 0.29) is 11.4 Å². The molecule has 0 radical (unpaired) electrons. The van der Waals surface area contributed by atoms with Gasteiger partial charge < -0.3 is 4.74 Å². The summed E-state index contributed by atoms with van der Waals surface area (Å²) in [6.45, 7) is 4.48. The van der Waals surface area contributed by atoms with Crippen LogP contribution in [0, 0.1) is 41.4 Å². The Labute approximate surface area is 182 Å². The molecular formula is C27H38O3. The number of hydrogen-bond acceptors (Lipinski definition) is 3. The number of esters is 1. The highest BCUT2D eigenvalue weighted by Gasteiger charge is 2.64. The van der Waals surface area contributed by atoms with Crippen molar-refractivity contribution in [3.63, 3.8) is 0 Å². The molecule has 4 unspecified atom stereocenters. The fourth-order valence-corrected chi connectivity index (χ4v) is 7.55. The van der Waals surface area contributed by atoms with Crippen LogP contribution in [-0.4, -0.2) is 17.4 Å². The lowest BCUT2D eigenvalue weighted by Crippen LogP contribution is -2.53. The third-order valence-electron chi connectivity index (χ3n) is 9.18. The summed E-state index contributed by atoms with van der Waals surface area (Å²) in [5, 5.41) is 0. The molecule has 0 bridgehead atoms. The molecule has 0 aromatic carbocycles. The van der Waals surface area contributed by atoms with Crippen molar-refractivity contribution >= 4 is 11.8 Å². The van der Waals surface area contributed by atoms with E-state index in [4.69, 9.17) is 11.2 Å². The van der Waals surface area contributed by atoms with E-state index in [9.17, 15) is 9.59 Å². The third-order valence-corrected chi connectivity index (χ3v) is 9.18. The number of unbranched alkanes of at least 4 members (excludes halogenated alkanes) is 3. The van der Waals surface area contributed by atoms with Crippen molar-refractivity contribution in [2.45, 2.75) is 103 Å². The van der Waals surface area contributed by atoms with Gasteiger partial charge in [0.25, 0.3) is 0 Å². The van der Waals surface area contributed by atoms with Gasteiger partial charge in [0.15, 0.2) is 11.4 Å². The van der Waals surface area contributed by atoms with Gasteiger partial charge in [0.2, 0.25) is 0 Å². The lowest BCUT2D eigenvalue weighted by Gasteiger charge is -2.55. The highest BCUT2D eigenvalue weighted by atomic mass is 16.6. The summed E-state index contributed by atoms with van der Waals surface area (Å²) in [5.41, 5.74) is 0.562. The zero-order valence-corrected chi connectivity index (χ0v) is 18.9. The number of fused-ring (bicyclic) bond motifs is 5. The van der Waals surface area contributed by atoms with E-state index in [1.54, 1.807) is 0 Å². The van der Waals surface area contributed by atoms with Crippen molar-refractivity contribution in [1.82, 2.24) is 0 Å². The molecule has 0 aromatic rings. The summed E-state index contributed by atoms with van der Waals surface area (Å²) in [7, 11) is 0. The average molecular weight is 411 g/mol. The first-order valence-corrected chi connectivity index (χ1v) is 12.4. The smallest absolute Gasteiger partial charge is 0.307 e. The molecule has 0 spiro atoms. The lowest BCUT2D eigenvalue weighted by atomic mass is 9.50. The Balaban J connectivity index is 1.49. The second-order valence-electron chi connectivity index (χ2n) is 10.6. The Hall–Kier alpha value is -1.56. The van der Waals surface area contributed by atoms with E-state index in [2.05, 4.69) is 19.8 Å². The Morgan fingerprint density at radius 3 is 2.73 bits per heavy atom. The molecule has 3 fully saturated rings. The number of ketones is 1. The van der Waals surface area contributed by atoms with Crippen LogP contribution in [0.2, 0.25) is 0 Å². The second kappa shape index (κ2) is 8.52.